The van der Waals surface area contributed by atoms with Gasteiger partial charge in [0.05, 0.1) is 0 Å². The number of rotatable bonds is 5. The van der Waals surface area contributed by atoms with Gasteiger partial charge in [-0.05, 0) is 0 Å². The summed E-state index contributed by atoms with van der Waals surface area (Å²) in [6.07, 6.45) is 2.59. The van der Waals surface area contributed by atoms with E-state index in [4.69, 9.17) is 0 Å². The van der Waals surface area contributed by atoms with E-state index in [-0.39, 0.29) is 0 Å². The molecule has 0 fully saturated rings. The maximum absolute atomic E-state index is 4.60. The first kappa shape index (κ1) is 33.9. The Kier molecular flexibility index (Phi) is 8.95. The van der Waals surface area contributed by atoms with Gasteiger partial charge in [-0.1, -0.05) is 13.1 Å². The Morgan fingerprint density at radius 1 is 0.490 bits per heavy atom. The van der Waals surface area contributed by atoms with Crippen LogP contribution in [0.15, 0.2) is 134 Å². The van der Waals surface area contributed by atoms with Crippen LogP contribution in [0.2, 0.25) is 22.5 Å². The van der Waals surface area contributed by atoms with Crippen LogP contribution < -0.4 is 0 Å². The Bertz CT molecular complexity index is 2070. The molecule has 0 heterocycles. The van der Waals surface area contributed by atoms with Crippen molar-refractivity contribution in [2.45, 2.75) is 65.7 Å². The fraction of sp³-hybridized carbons (Fsp3) is 0.234. The van der Waals surface area contributed by atoms with Crippen LogP contribution in [-0.4, -0.2) is 9.52 Å². The summed E-state index contributed by atoms with van der Waals surface area (Å²) in [5.41, 5.74) is 17.4. The SMILES string of the molecule is CC1=[C]([Hf]([CH3])([CH3])([C]2=C(C)c3ccccc3C2C)[CH]2C(c3ccccc3)=Cc3c(-c4ccccc4)cccc32)C(C)c2ccccc21.C[SiH]C. The van der Waals surface area contributed by atoms with Crippen LogP contribution >= 0.6 is 0 Å². The van der Waals surface area contributed by atoms with Gasteiger partial charge in [-0.15, -0.1) is 0 Å². The van der Waals surface area contributed by atoms with Crippen LogP contribution in [0, 0.1) is 0 Å². The van der Waals surface area contributed by atoms with Gasteiger partial charge in [0.2, 0.25) is 0 Å². The standard InChI is InChI=1S/C21H15.2C11H11.C2H7Si.2CH3.Hf/c1-3-8-16(9-4-1)19-14-18-12-7-13-20(21(18)15-19)17-10-5-2-6-11-17;2*1-8-7-9(2)11-6-4-3-5-10(8)11;1-3-2;;;/h1-15H;2*3-6,8H,1-2H3;3H,1-2H3;2*1H3;. The molecule has 8 rings (SSSR count). The number of hydrogen-bond donors (Lipinski definition) is 0. The first-order valence-electron chi connectivity index (χ1n) is 18.1. The molecule has 2 heteroatoms. The van der Waals surface area contributed by atoms with E-state index in [1.54, 1.807) is 6.66 Å². The largest absolute Gasteiger partial charge is 0.0743 e. The molecule has 1 radical (unpaired) electrons. The fourth-order valence-electron chi connectivity index (χ4n) is 10.7. The first-order valence-corrected chi connectivity index (χ1v) is 33.3. The molecule has 0 bridgehead atoms. The van der Waals surface area contributed by atoms with Gasteiger partial charge in [-0.2, -0.15) is 0 Å². The average Bonchev–Trinajstić information content (AvgIpc) is 3.74. The summed E-state index contributed by atoms with van der Waals surface area (Å²) in [6.45, 7) is 14.3. The van der Waals surface area contributed by atoms with Gasteiger partial charge in [0.15, 0.2) is 0 Å². The smallest absolute Gasteiger partial charge is 0.0213 e. The van der Waals surface area contributed by atoms with Gasteiger partial charge in [0, 0.05) is 9.52 Å². The van der Waals surface area contributed by atoms with Crippen LogP contribution in [-0.2, 0) is 18.5 Å². The molecule has 3 atom stereocenters. The van der Waals surface area contributed by atoms with Crippen molar-refractivity contribution in [3.63, 3.8) is 0 Å². The molecule has 0 nitrogen and oxygen atoms in total. The van der Waals surface area contributed by atoms with E-state index in [9.17, 15) is 0 Å². The van der Waals surface area contributed by atoms with Crippen molar-refractivity contribution in [2.75, 3.05) is 0 Å². The molecule has 3 aliphatic carbocycles. The minimum atomic E-state index is -4.60. The third kappa shape index (κ3) is 5.16. The summed E-state index contributed by atoms with van der Waals surface area (Å²) in [5, 5.41) is 0. The normalized spacial score (nSPS) is 20.1. The predicted molar refractivity (Wildman–Crippen MR) is 214 cm³/mol. The van der Waals surface area contributed by atoms with Gasteiger partial charge in [-0.25, -0.2) is 0 Å². The zero-order chi connectivity index (χ0) is 34.5. The van der Waals surface area contributed by atoms with Crippen molar-refractivity contribution in [2.24, 2.45) is 0 Å². The Labute approximate surface area is 298 Å². The van der Waals surface area contributed by atoms with Crippen molar-refractivity contribution in [1.82, 2.24) is 0 Å². The number of fused-ring (bicyclic) bond motifs is 3. The van der Waals surface area contributed by atoms with Gasteiger partial charge >= 0.3 is 278 Å². The molecule has 3 unspecified atom stereocenters. The summed E-state index contributed by atoms with van der Waals surface area (Å²) in [4.78, 5) is 0. The maximum atomic E-state index is 2.84. The van der Waals surface area contributed by atoms with Gasteiger partial charge < -0.3 is 0 Å². The topological polar surface area (TPSA) is 0 Å². The second-order valence-corrected chi connectivity index (χ2v) is 40.3. The predicted octanol–water partition coefficient (Wildman–Crippen LogP) is 13.4. The number of benzene rings is 5. The van der Waals surface area contributed by atoms with Crippen molar-refractivity contribution >= 4 is 32.3 Å². The number of hydrogen-bond acceptors (Lipinski definition) is 0. The van der Waals surface area contributed by atoms with Crippen LogP contribution in [0.25, 0.3) is 33.9 Å². The summed E-state index contributed by atoms with van der Waals surface area (Å²) >= 11 is -4.60. The van der Waals surface area contributed by atoms with E-state index in [0.717, 1.165) is 9.52 Å². The van der Waals surface area contributed by atoms with E-state index in [0.29, 0.717) is 15.5 Å². The van der Waals surface area contributed by atoms with Gasteiger partial charge in [-0.3, -0.25) is 0 Å². The van der Waals surface area contributed by atoms with Crippen LogP contribution in [0.1, 0.15) is 82.1 Å². The average molecular weight is 821 g/mol. The molecule has 0 N–H and O–H groups in total. The second-order valence-electron chi connectivity index (χ2n) is 15.3. The molecule has 49 heavy (non-hydrogen) atoms. The molecular weight excluding hydrogens is 771 g/mol. The van der Waals surface area contributed by atoms with Crippen molar-refractivity contribution in [3.8, 4) is 11.1 Å². The minimum Gasteiger partial charge on any atom is -0.0743 e. The monoisotopic (exact) mass is 822 g/mol. The third-order valence-electron chi connectivity index (χ3n) is 12.1. The fourth-order valence-corrected chi connectivity index (χ4v) is 42.4. The molecule has 0 saturated heterocycles. The molecule has 0 amide bonds. The second kappa shape index (κ2) is 12.9. The molecule has 0 saturated carbocycles. The Morgan fingerprint density at radius 2 is 0.898 bits per heavy atom. The molecule has 246 valence electrons. The Morgan fingerprint density at radius 3 is 1.39 bits per heavy atom. The summed E-state index contributed by atoms with van der Waals surface area (Å²) in [5.74, 6) is 0.771. The van der Waals surface area contributed by atoms with E-state index in [2.05, 4.69) is 184 Å². The summed E-state index contributed by atoms with van der Waals surface area (Å²) < 4.78 is 9.55. The summed E-state index contributed by atoms with van der Waals surface area (Å²) in [6, 6.07) is 48.0. The Balaban J connectivity index is 0.00000122. The van der Waals surface area contributed by atoms with E-state index in [1.807, 2.05) is 0 Å². The maximum Gasteiger partial charge on any atom is 0.0213 e. The van der Waals surface area contributed by atoms with Crippen molar-refractivity contribution in [1.29, 1.82) is 0 Å². The van der Waals surface area contributed by atoms with E-state index < -0.39 is 18.5 Å². The molecule has 0 spiro atoms. The molecule has 5 aromatic carbocycles. The molecule has 0 aliphatic heterocycles. The van der Waals surface area contributed by atoms with E-state index >= 15 is 0 Å². The van der Waals surface area contributed by atoms with Crippen molar-refractivity contribution < 1.29 is 18.5 Å². The molecule has 3 aliphatic rings. The van der Waals surface area contributed by atoms with E-state index in [1.165, 1.54) is 66.8 Å². The third-order valence-corrected chi connectivity index (χ3v) is 38.3. The van der Waals surface area contributed by atoms with Crippen LogP contribution in [0.4, 0.5) is 0 Å². The first-order chi connectivity index (χ1) is 23.6. The zero-order valence-electron chi connectivity index (χ0n) is 30.5. The minimum absolute atomic E-state index is 0.321. The van der Waals surface area contributed by atoms with Crippen LogP contribution in [0.5, 0.6) is 0 Å². The molecule has 5 aromatic rings. The molecule has 0 aromatic heterocycles. The van der Waals surface area contributed by atoms with Gasteiger partial charge in [0.25, 0.3) is 0 Å². The Hall–Kier alpha value is -3.59. The van der Waals surface area contributed by atoms with Crippen molar-refractivity contribution in [3.05, 3.63) is 173 Å². The zero-order valence-corrected chi connectivity index (χ0v) is 35.3. The molecular formula is C47H50HfSi. The quantitative estimate of drug-likeness (QED) is 0.155. The number of allylic oxidation sites excluding steroid dienone is 5. The van der Waals surface area contributed by atoms with Crippen LogP contribution in [0.3, 0.4) is 0 Å². The summed E-state index contributed by atoms with van der Waals surface area (Å²) in [7, 11) is 0.750. The van der Waals surface area contributed by atoms with Gasteiger partial charge in [0.1, 0.15) is 0 Å².